The third-order valence-corrected chi connectivity index (χ3v) is 2.41. The lowest BCUT2D eigenvalue weighted by molar-refractivity contribution is -0.274. The standard InChI is InChI=1S/C10H7ClF3NO2/c11-9(16)7-4-15-8-2-1-5(3-6(7)8)17-10(12,13)14/h1-4,9,15-16H. The van der Waals surface area contributed by atoms with Gasteiger partial charge in [-0.2, -0.15) is 0 Å². The zero-order chi connectivity index (χ0) is 12.6. The van der Waals surface area contributed by atoms with Crippen molar-refractivity contribution in [1.29, 1.82) is 0 Å². The molecule has 1 aromatic carbocycles. The number of aliphatic hydroxyl groups is 1. The molecule has 0 aliphatic rings. The largest absolute Gasteiger partial charge is 0.573 e. The number of hydrogen-bond donors (Lipinski definition) is 2. The molecule has 2 rings (SSSR count). The zero-order valence-electron chi connectivity index (χ0n) is 8.25. The van der Waals surface area contributed by atoms with Crippen LogP contribution in [-0.2, 0) is 0 Å². The Bertz CT molecular complexity index is 536. The highest BCUT2D eigenvalue weighted by Gasteiger charge is 2.31. The summed E-state index contributed by atoms with van der Waals surface area (Å²) >= 11 is 5.48. The molecule has 0 aliphatic heterocycles. The topological polar surface area (TPSA) is 45.2 Å². The van der Waals surface area contributed by atoms with E-state index in [1.807, 2.05) is 0 Å². The lowest BCUT2D eigenvalue weighted by atomic mass is 10.2. The number of aliphatic hydroxyl groups excluding tert-OH is 1. The molecule has 1 aromatic heterocycles. The molecule has 0 saturated carbocycles. The van der Waals surface area contributed by atoms with E-state index in [4.69, 9.17) is 11.6 Å². The first-order valence-corrected chi connectivity index (χ1v) is 4.99. The molecule has 17 heavy (non-hydrogen) atoms. The molecule has 2 aromatic rings. The minimum absolute atomic E-state index is 0.300. The molecule has 0 spiro atoms. The quantitative estimate of drug-likeness (QED) is 0.819. The Morgan fingerprint density at radius 2 is 2.06 bits per heavy atom. The smallest absolute Gasteiger partial charge is 0.406 e. The van der Waals surface area contributed by atoms with Gasteiger partial charge in [0.1, 0.15) is 5.75 Å². The summed E-state index contributed by atoms with van der Waals surface area (Å²) in [6.45, 7) is 0. The number of H-pyrrole nitrogens is 1. The minimum atomic E-state index is -4.75. The predicted octanol–water partition coefficient (Wildman–Crippen LogP) is 3.30. The fourth-order valence-electron chi connectivity index (χ4n) is 1.52. The van der Waals surface area contributed by atoms with Gasteiger partial charge in [0, 0.05) is 22.7 Å². The highest BCUT2D eigenvalue weighted by atomic mass is 35.5. The lowest BCUT2D eigenvalue weighted by Gasteiger charge is -2.09. The first kappa shape index (κ1) is 12.1. The molecule has 7 heteroatoms. The van der Waals surface area contributed by atoms with Crippen LogP contribution in [0.3, 0.4) is 0 Å². The fraction of sp³-hybridized carbons (Fsp3) is 0.200. The van der Waals surface area contributed by atoms with E-state index in [0.29, 0.717) is 16.5 Å². The van der Waals surface area contributed by atoms with Gasteiger partial charge >= 0.3 is 6.36 Å². The monoisotopic (exact) mass is 265 g/mol. The molecular weight excluding hydrogens is 259 g/mol. The molecule has 0 fully saturated rings. The van der Waals surface area contributed by atoms with Gasteiger partial charge in [-0.3, -0.25) is 0 Å². The van der Waals surface area contributed by atoms with E-state index in [1.54, 1.807) is 0 Å². The Morgan fingerprint density at radius 1 is 1.35 bits per heavy atom. The Hall–Kier alpha value is -1.40. The third kappa shape index (κ3) is 2.65. The number of nitrogens with one attached hydrogen (secondary N) is 1. The summed E-state index contributed by atoms with van der Waals surface area (Å²) in [6.07, 6.45) is -3.32. The molecule has 0 bridgehead atoms. The number of fused-ring (bicyclic) bond motifs is 1. The van der Waals surface area contributed by atoms with Crippen LogP contribution in [-0.4, -0.2) is 16.5 Å². The van der Waals surface area contributed by atoms with Crippen LogP contribution in [0.1, 0.15) is 11.1 Å². The van der Waals surface area contributed by atoms with Crippen molar-refractivity contribution in [1.82, 2.24) is 4.98 Å². The normalized spacial score (nSPS) is 13.9. The number of benzene rings is 1. The van der Waals surface area contributed by atoms with Crippen LogP contribution in [0.15, 0.2) is 24.4 Å². The summed E-state index contributed by atoms with van der Waals surface area (Å²) in [5.74, 6) is -0.358. The molecular formula is C10H7ClF3NO2. The summed E-state index contributed by atoms with van der Waals surface area (Å²) in [7, 11) is 0. The van der Waals surface area contributed by atoms with E-state index in [0.717, 1.165) is 0 Å². The van der Waals surface area contributed by atoms with Crippen molar-refractivity contribution in [3.05, 3.63) is 30.0 Å². The van der Waals surface area contributed by atoms with E-state index in [2.05, 4.69) is 9.72 Å². The number of hydrogen-bond acceptors (Lipinski definition) is 2. The first-order valence-electron chi connectivity index (χ1n) is 4.56. The second kappa shape index (κ2) is 4.12. The molecule has 0 aliphatic carbocycles. The van der Waals surface area contributed by atoms with E-state index in [1.165, 1.54) is 24.4 Å². The van der Waals surface area contributed by atoms with E-state index in [9.17, 15) is 18.3 Å². The molecule has 0 saturated heterocycles. The van der Waals surface area contributed by atoms with E-state index in [-0.39, 0.29) is 5.75 Å². The number of aromatic nitrogens is 1. The second-order valence-electron chi connectivity index (χ2n) is 3.34. The maximum absolute atomic E-state index is 12.0. The molecule has 0 radical (unpaired) electrons. The average Bonchev–Trinajstić information content (AvgIpc) is 2.57. The van der Waals surface area contributed by atoms with E-state index < -0.39 is 11.9 Å². The molecule has 0 amide bonds. The van der Waals surface area contributed by atoms with Crippen molar-refractivity contribution < 1.29 is 23.0 Å². The van der Waals surface area contributed by atoms with Gasteiger partial charge in [0.2, 0.25) is 0 Å². The van der Waals surface area contributed by atoms with Crippen LogP contribution in [0.25, 0.3) is 10.9 Å². The summed E-state index contributed by atoms with van der Waals surface area (Å²) in [5.41, 5.74) is -0.423. The Kier molecular flexibility index (Phi) is 2.92. The Balaban J connectivity index is 2.44. The molecule has 3 nitrogen and oxygen atoms in total. The second-order valence-corrected chi connectivity index (χ2v) is 3.75. The Labute approximate surface area is 98.8 Å². The van der Waals surface area contributed by atoms with Crippen molar-refractivity contribution >= 4 is 22.5 Å². The maximum Gasteiger partial charge on any atom is 0.573 e. The van der Waals surface area contributed by atoms with Gasteiger partial charge in [0.25, 0.3) is 0 Å². The van der Waals surface area contributed by atoms with Crippen LogP contribution in [0, 0.1) is 0 Å². The number of alkyl halides is 4. The van der Waals surface area contributed by atoms with Crippen molar-refractivity contribution in [2.45, 2.75) is 11.9 Å². The number of rotatable bonds is 2. The van der Waals surface area contributed by atoms with Gasteiger partial charge in [-0.05, 0) is 18.2 Å². The summed E-state index contributed by atoms with van der Waals surface area (Å²) in [6, 6.07) is 3.76. The molecule has 2 N–H and O–H groups in total. The summed E-state index contributed by atoms with van der Waals surface area (Å²) < 4.78 is 39.8. The number of halogens is 4. The van der Waals surface area contributed by atoms with Gasteiger partial charge in [0.05, 0.1) is 0 Å². The van der Waals surface area contributed by atoms with Gasteiger partial charge in [-0.25, -0.2) is 0 Å². The predicted molar refractivity (Wildman–Crippen MR) is 55.8 cm³/mol. The SMILES string of the molecule is OC(Cl)c1c[nH]c2ccc(OC(F)(F)F)cc12. The van der Waals surface area contributed by atoms with Crippen LogP contribution >= 0.6 is 11.6 Å². The van der Waals surface area contributed by atoms with Gasteiger partial charge in [-0.15, -0.1) is 13.2 Å². The van der Waals surface area contributed by atoms with Crippen molar-refractivity contribution in [3.63, 3.8) is 0 Å². The van der Waals surface area contributed by atoms with Gasteiger partial charge in [0.15, 0.2) is 5.56 Å². The molecule has 1 atom stereocenters. The third-order valence-electron chi connectivity index (χ3n) is 2.18. The summed E-state index contributed by atoms with van der Waals surface area (Å²) in [4.78, 5) is 2.78. The molecule has 92 valence electrons. The molecule has 1 unspecified atom stereocenters. The van der Waals surface area contributed by atoms with Gasteiger partial charge < -0.3 is 14.8 Å². The average molecular weight is 266 g/mol. The maximum atomic E-state index is 12.0. The number of aromatic amines is 1. The van der Waals surface area contributed by atoms with Crippen molar-refractivity contribution in [2.24, 2.45) is 0 Å². The van der Waals surface area contributed by atoms with Crippen molar-refractivity contribution in [2.75, 3.05) is 0 Å². The van der Waals surface area contributed by atoms with Crippen molar-refractivity contribution in [3.8, 4) is 5.75 Å². The zero-order valence-corrected chi connectivity index (χ0v) is 9.01. The number of ether oxygens (including phenoxy) is 1. The van der Waals surface area contributed by atoms with Crippen LogP contribution in [0.2, 0.25) is 0 Å². The molecule has 1 heterocycles. The van der Waals surface area contributed by atoms with Crippen LogP contribution < -0.4 is 4.74 Å². The Morgan fingerprint density at radius 3 is 2.65 bits per heavy atom. The lowest BCUT2D eigenvalue weighted by Crippen LogP contribution is -2.16. The van der Waals surface area contributed by atoms with Gasteiger partial charge in [-0.1, -0.05) is 11.6 Å². The highest BCUT2D eigenvalue weighted by molar-refractivity contribution is 6.20. The fourth-order valence-corrected chi connectivity index (χ4v) is 1.70. The summed E-state index contributed by atoms with van der Waals surface area (Å²) in [5, 5.41) is 9.60. The highest BCUT2D eigenvalue weighted by Crippen LogP contribution is 2.31. The van der Waals surface area contributed by atoms with E-state index >= 15 is 0 Å². The van der Waals surface area contributed by atoms with Crippen LogP contribution in [0.5, 0.6) is 5.75 Å². The minimum Gasteiger partial charge on any atom is -0.406 e. The van der Waals surface area contributed by atoms with Crippen LogP contribution in [0.4, 0.5) is 13.2 Å². The first-order chi connectivity index (χ1) is 7.87.